The number of aliphatic hydroxyl groups is 1. The smallest absolute Gasteiger partial charge is 0.430 e. The van der Waals surface area contributed by atoms with E-state index < -0.39 is 23.2 Å². The van der Waals surface area contributed by atoms with Gasteiger partial charge >= 0.3 is 6.18 Å². The van der Waals surface area contributed by atoms with Crippen LogP contribution in [0.2, 0.25) is 5.02 Å². The number of piperidine rings is 1. The van der Waals surface area contributed by atoms with Gasteiger partial charge in [0.15, 0.2) is 0 Å². The van der Waals surface area contributed by atoms with Crippen LogP contribution in [0.3, 0.4) is 0 Å². The van der Waals surface area contributed by atoms with E-state index in [2.05, 4.69) is 10.6 Å². The number of anilines is 1. The molecule has 2 aromatic rings. The van der Waals surface area contributed by atoms with Crippen molar-refractivity contribution >= 4 is 29.1 Å². The van der Waals surface area contributed by atoms with Crippen molar-refractivity contribution in [1.29, 1.82) is 0 Å². The number of hydrogen-bond acceptors (Lipinski definition) is 5. The number of benzene rings is 2. The van der Waals surface area contributed by atoms with Crippen LogP contribution in [0.4, 0.5) is 18.9 Å². The molecule has 1 aliphatic heterocycles. The van der Waals surface area contributed by atoms with Crippen LogP contribution in [0.5, 0.6) is 5.75 Å². The third kappa shape index (κ3) is 7.01. The number of ether oxygens (including phenoxy) is 1. The molecule has 2 aliphatic rings. The largest absolute Gasteiger partial charge is 0.490 e. The average Bonchev–Trinajstić information content (AvgIpc) is 3.75. The van der Waals surface area contributed by atoms with E-state index in [1.807, 2.05) is 0 Å². The second-order valence-corrected chi connectivity index (χ2v) is 10.9. The summed E-state index contributed by atoms with van der Waals surface area (Å²) in [6.07, 6.45) is 0.297. The highest BCUT2D eigenvalue weighted by Crippen LogP contribution is 2.42. The highest BCUT2D eigenvalue weighted by Gasteiger charge is 2.62. The van der Waals surface area contributed by atoms with Gasteiger partial charge in [-0.2, -0.15) is 13.2 Å². The summed E-state index contributed by atoms with van der Waals surface area (Å²) in [5.41, 5.74) is -2.94. The summed E-state index contributed by atoms with van der Waals surface area (Å²) < 4.78 is 48.1. The molecule has 1 saturated carbocycles. The average molecular weight is 582 g/mol. The van der Waals surface area contributed by atoms with Crippen molar-refractivity contribution in [2.24, 2.45) is 5.92 Å². The number of rotatable bonds is 11. The Morgan fingerprint density at radius 2 is 1.80 bits per heavy atom. The summed E-state index contributed by atoms with van der Waals surface area (Å²) in [6, 6.07) is 10.3. The number of amides is 2. The van der Waals surface area contributed by atoms with Crippen LogP contribution in [-0.4, -0.2) is 60.8 Å². The van der Waals surface area contributed by atoms with E-state index in [0.717, 1.165) is 54.8 Å². The Hall–Kier alpha value is -2.98. The Bertz CT molecular complexity index is 1200. The molecule has 0 spiro atoms. The standard InChI is InChI=1S/C29H35ClF3N3O4/c1-34-26(37)24-11-8-21(18-25(24)30)35-14-3-2-5-19-12-15-36(16-13-19)27(38)28(39,29(31,32)33)20-6-4-7-23(17-20)40-22-9-10-22/h4,6-8,11,17-19,22,35,39H,2-3,5,9-10,12-16H2,1H3,(H,34,37). The molecule has 7 nitrogen and oxygen atoms in total. The van der Waals surface area contributed by atoms with Crippen molar-refractivity contribution in [3.05, 3.63) is 58.6 Å². The van der Waals surface area contributed by atoms with Crippen LogP contribution in [0, 0.1) is 5.92 Å². The molecule has 218 valence electrons. The summed E-state index contributed by atoms with van der Waals surface area (Å²) in [5.74, 6) is -1.08. The molecule has 1 heterocycles. The highest BCUT2D eigenvalue weighted by atomic mass is 35.5. The number of alkyl halides is 3. The molecule has 0 aromatic heterocycles. The van der Waals surface area contributed by atoms with Gasteiger partial charge in [0.1, 0.15) is 5.75 Å². The van der Waals surface area contributed by atoms with Crippen LogP contribution >= 0.6 is 11.6 Å². The third-order valence-corrected chi connectivity index (χ3v) is 7.82. The molecule has 2 amide bonds. The number of nitrogens with one attached hydrogen (secondary N) is 2. The Kier molecular flexibility index (Phi) is 9.51. The second kappa shape index (κ2) is 12.7. The number of carbonyl (C=O) groups excluding carboxylic acids is 2. The maximum Gasteiger partial charge on any atom is 0.430 e. The molecule has 2 aromatic carbocycles. The van der Waals surface area contributed by atoms with Crippen LogP contribution < -0.4 is 15.4 Å². The fraction of sp³-hybridized carbons (Fsp3) is 0.517. The van der Waals surface area contributed by atoms with Gasteiger partial charge in [-0.1, -0.05) is 36.6 Å². The SMILES string of the molecule is CNC(=O)c1ccc(NCCCCC2CCN(C(=O)C(O)(c3cccc(OC4CC4)c3)C(F)(F)F)CC2)cc1Cl. The minimum absolute atomic E-state index is 0.0277. The summed E-state index contributed by atoms with van der Waals surface area (Å²) in [4.78, 5) is 26.0. The summed E-state index contributed by atoms with van der Waals surface area (Å²) in [6.45, 7) is 1.03. The molecule has 0 radical (unpaired) electrons. The maximum atomic E-state index is 14.2. The zero-order valence-corrected chi connectivity index (χ0v) is 23.2. The van der Waals surface area contributed by atoms with E-state index in [-0.39, 0.29) is 30.9 Å². The molecular formula is C29H35ClF3N3O4. The van der Waals surface area contributed by atoms with E-state index >= 15 is 0 Å². The Morgan fingerprint density at radius 3 is 2.42 bits per heavy atom. The van der Waals surface area contributed by atoms with Crippen LogP contribution in [0.15, 0.2) is 42.5 Å². The van der Waals surface area contributed by atoms with Gasteiger partial charge in [-0.25, -0.2) is 0 Å². The Morgan fingerprint density at radius 1 is 1.07 bits per heavy atom. The zero-order valence-electron chi connectivity index (χ0n) is 22.4. The van der Waals surface area contributed by atoms with Crippen molar-refractivity contribution in [3.63, 3.8) is 0 Å². The van der Waals surface area contributed by atoms with E-state index in [9.17, 15) is 27.9 Å². The van der Waals surface area contributed by atoms with Gasteiger partial charge in [-0.15, -0.1) is 0 Å². The number of halogens is 4. The zero-order chi connectivity index (χ0) is 28.9. The summed E-state index contributed by atoms with van der Waals surface area (Å²) >= 11 is 6.18. The topological polar surface area (TPSA) is 90.9 Å². The summed E-state index contributed by atoms with van der Waals surface area (Å²) in [5, 5.41) is 17.0. The number of likely N-dealkylation sites (tertiary alicyclic amines) is 1. The first kappa shape index (κ1) is 30.0. The molecule has 4 rings (SSSR count). The first-order chi connectivity index (χ1) is 19.0. The first-order valence-corrected chi connectivity index (χ1v) is 14.0. The fourth-order valence-electron chi connectivity index (χ4n) is 4.97. The molecule has 3 N–H and O–H groups in total. The quantitative estimate of drug-likeness (QED) is 0.304. The summed E-state index contributed by atoms with van der Waals surface area (Å²) in [7, 11) is 1.54. The fourth-order valence-corrected chi connectivity index (χ4v) is 5.24. The number of carbonyl (C=O) groups is 2. The van der Waals surface area contributed by atoms with Crippen LogP contribution in [-0.2, 0) is 10.4 Å². The van der Waals surface area contributed by atoms with Crippen molar-refractivity contribution in [3.8, 4) is 5.75 Å². The van der Waals surface area contributed by atoms with Gasteiger partial charge in [-0.05, 0) is 68.4 Å². The van der Waals surface area contributed by atoms with Crippen molar-refractivity contribution in [1.82, 2.24) is 10.2 Å². The molecule has 1 saturated heterocycles. The second-order valence-electron chi connectivity index (χ2n) is 10.5. The highest BCUT2D eigenvalue weighted by molar-refractivity contribution is 6.34. The van der Waals surface area contributed by atoms with Crippen molar-refractivity contribution in [2.45, 2.75) is 62.8 Å². The van der Waals surface area contributed by atoms with Gasteiger partial charge < -0.3 is 25.4 Å². The predicted octanol–water partition coefficient (Wildman–Crippen LogP) is 5.51. The van der Waals surface area contributed by atoms with Crippen molar-refractivity contribution in [2.75, 3.05) is 32.0 Å². The minimum Gasteiger partial charge on any atom is -0.490 e. The molecular weight excluding hydrogens is 547 g/mol. The third-order valence-electron chi connectivity index (χ3n) is 7.51. The molecule has 1 aliphatic carbocycles. The Balaban J connectivity index is 1.25. The predicted molar refractivity (Wildman–Crippen MR) is 147 cm³/mol. The first-order valence-electron chi connectivity index (χ1n) is 13.6. The van der Waals surface area contributed by atoms with Gasteiger partial charge in [0.05, 0.1) is 16.7 Å². The molecule has 11 heteroatoms. The van der Waals surface area contributed by atoms with Crippen LogP contribution in [0.1, 0.15) is 60.9 Å². The number of nitrogens with zero attached hydrogens (tertiary/aromatic N) is 1. The molecule has 1 atom stereocenters. The van der Waals surface area contributed by atoms with E-state index in [1.54, 1.807) is 25.2 Å². The van der Waals surface area contributed by atoms with Crippen molar-refractivity contribution < 1.29 is 32.6 Å². The molecule has 0 bridgehead atoms. The van der Waals surface area contributed by atoms with Crippen LogP contribution in [0.25, 0.3) is 0 Å². The minimum atomic E-state index is -5.18. The monoisotopic (exact) mass is 581 g/mol. The normalized spacial score (nSPS) is 17.7. The van der Waals surface area contributed by atoms with Gasteiger partial charge in [0.2, 0.25) is 0 Å². The number of hydrogen-bond donors (Lipinski definition) is 3. The van der Waals surface area contributed by atoms with Gasteiger partial charge in [0.25, 0.3) is 17.4 Å². The van der Waals surface area contributed by atoms with E-state index in [0.29, 0.717) is 35.9 Å². The van der Waals surface area contributed by atoms with E-state index in [4.69, 9.17) is 16.3 Å². The van der Waals surface area contributed by atoms with Gasteiger partial charge in [-0.3, -0.25) is 9.59 Å². The molecule has 40 heavy (non-hydrogen) atoms. The molecule has 2 fully saturated rings. The molecule has 1 unspecified atom stereocenters. The van der Waals surface area contributed by atoms with E-state index in [1.165, 1.54) is 12.1 Å². The lowest BCUT2D eigenvalue weighted by molar-refractivity contribution is -0.262. The Labute approximate surface area is 237 Å². The lowest BCUT2D eigenvalue weighted by Gasteiger charge is -2.38. The lowest BCUT2D eigenvalue weighted by Crippen LogP contribution is -2.57. The van der Waals surface area contributed by atoms with Gasteiger partial charge in [0, 0.05) is 37.9 Å². The number of unbranched alkanes of at least 4 members (excludes halogenated alkanes) is 1. The maximum absolute atomic E-state index is 14.2. The lowest BCUT2D eigenvalue weighted by atomic mass is 9.87.